The van der Waals surface area contributed by atoms with E-state index in [4.69, 9.17) is 10.00 Å². The molecule has 1 fully saturated rings. The minimum absolute atomic E-state index is 0.226. The van der Waals surface area contributed by atoms with Crippen molar-refractivity contribution < 1.29 is 4.74 Å². The van der Waals surface area contributed by atoms with Crippen LogP contribution in [0.3, 0.4) is 0 Å². The number of nitrogens with one attached hydrogen (secondary N) is 1. The second-order valence-corrected chi connectivity index (χ2v) is 7.94. The minimum Gasteiger partial charge on any atom is -0.374 e. The fourth-order valence-electron chi connectivity index (χ4n) is 3.99. The van der Waals surface area contributed by atoms with Gasteiger partial charge in [0.15, 0.2) is 0 Å². The molecule has 0 radical (unpaired) electrons. The van der Waals surface area contributed by atoms with E-state index in [-0.39, 0.29) is 6.10 Å². The summed E-state index contributed by atoms with van der Waals surface area (Å²) >= 11 is 0. The van der Waals surface area contributed by atoms with Crippen LogP contribution in [0, 0.1) is 18.3 Å². The Hall–Kier alpha value is -2.39. The summed E-state index contributed by atoms with van der Waals surface area (Å²) in [7, 11) is 0. The van der Waals surface area contributed by atoms with Crippen LogP contribution in [0.2, 0.25) is 0 Å². The maximum Gasteiger partial charge on any atom is 0.0826 e. The maximum atomic E-state index is 8.85. The van der Waals surface area contributed by atoms with Gasteiger partial charge in [0.05, 0.1) is 25.2 Å². The zero-order valence-electron chi connectivity index (χ0n) is 18.3. The number of hydrogen-bond donors (Lipinski definition) is 1. The van der Waals surface area contributed by atoms with Gasteiger partial charge in [-0.3, -0.25) is 4.90 Å². The Morgan fingerprint density at radius 2 is 2.07 bits per heavy atom. The molecule has 1 heterocycles. The van der Waals surface area contributed by atoms with Crippen LogP contribution in [-0.4, -0.2) is 50.3 Å². The van der Waals surface area contributed by atoms with Gasteiger partial charge in [0.2, 0.25) is 0 Å². The molecule has 1 aliphatic heterocycles. The summed E-state index contributed by atoms with van der Waals surface area (Å²) in [5, 5.41) is 12.4. The molecule has 0 aromatic heterocycles. The Labute approximate surface area is 181 Å². The number of nitriles is 1. The lowest BCUT2D eigenvalue weighted by Crippen LogP contribution is -2.46. The van der Waals surface area contributed by atoms with Gasteiger partial charge in [0.25, 0.3) is 0 Å². The van der Waals surface area contributed by atoms with Crippen LogP contribution in [0.4, 0.5) is 5.69 Å². The van der Waals surface area contributed by atoms with E-state index in [9.17, 15) is 0 Å². The molecule has 1 saturated heterocycles. The van der Waals surface area contributed by atoms with Crippen molar-refractivity contribution in [2.24, 2.45) is 0 Å². The third-order valence-corrected chi connectivity index (χ3v) is 5.73. The van der Waals surface area contributed by atoms with Crippen LogP contribution in [-0.2, 0) is 17.8 Å². The standard InChI is InChI=1S/C25H34N4O/c1-3-29(13-7-12-26)24-11-10-23(21(2)16-24)17-27-18-25-20-28(14-15-30-25)19-22-8-5-4-6-9-22/h4-6,8-11,16,25,27H,3,7,13-15,17-20H2,1-2H3/t25-/m1/s1. The van der Waals surface area contributed by atoms with Crippen LogP contribution in [0.5, 0.6) is 0 Å². The van der Waals surface area contributed by atoms with Gasteiger partial charge in [0.1, 0.15) is 0 Å². The predicted octanol–water partition coefficient (Wildman–Crippen LogP) is 3.73. The number of morpholine rings is 1. The number of nitrogens with zero attached hydrogens (tertiary/aromatic N) is 3. The van der Waals surface area contributed by atoms with E-state index in [2.05, 4.69) is 83.6 Å². The largest absolute Gasteiger partial charge is 0.374 e. The van der Waals surface area contributed by atoms with E-state index in [1.54, 1.807) is 0 Å². The Kier molecular flexibility index (Phi) is 8.70. The maximum absolute atomic E-state index is 8.85. The van der Waals surface area contributed by atoms with E-state index < -0.39 is 0 Å². The van der Waals surface area contributed by atoms with Crippen molar-refractivity contribution in [2.75, 3.05) is 44.2 Å². The number of benzene rings is 2. The molecular formula is C25H34N4O. The molecule has 2 aromatic rings. The summed E-state index contributed by atoms with van der Waals surface area (Å²) in [5.74, 6) is 0. The molecule has 30 heavy (non-hydrogen) atoms. The number of ether oxygens (including phenoxy) is 1. The first-order chi connectivity index (χ1) is 14.7. The average Bonchev–Trinajstić information content (AvgIpc) is 2.77. The van der Waals surface area contributed by atoms with E-state index in [0.717, 1.165) is 52.4 Å². The summed E-state index contributed by atoms with van der Waals surface area (Å²) < 4.78 is 5.98. The molecular weight excluding hydrogens is 372 g/mol. The Bertz CT molecular complexity index is 818. The van der Waals surface area contributed by atoms with Crippen LogP contribution in [0.15, 0.2) is 48.5 Å². The first-order valence-electron chi connectivity index (χ1n) is 11.0. The van der Waals surface area contributed by atoms with Crippen LogP contribution in [0.1, 0.15) is 30.0 Å². The third kappa shape index (κ3) is 6.56. The topological polar surface area (TPSA) is 51.5 Å². The molecule has 0 spiro atoms. The van der Waals surface area contributed by atoms with Crippen molar-refractivity contribution >= 4 is 5.69 Å². The molecule has 2 aromatic carbocycles. The molecule has 0 amide bonds. The highest BCUT2D eigenvalue weighted by molar-refractivity contribution is 5.50. The second kappa shape index (κ2) is 11.7. The molecule has 5 heteroatoms. The van der Waals surface area contributed by atoms with Gasteiger partial charge in [0, 0.05) is 51.5 Å². The Morgan fingerprint density at radius 3 is 2.80 bits per heavy atom. The van der Waals surface area contributed by atoms with E-state index in [0.29, 0.717) is 6.42 Å². The van der Waals surface area contributed by atoms with Crippen molar-refractivity contribution in [1.29, 1.82) is 5.26 Å². The fraction of sp³-hybridized carbons (Fsp3) is 0.480. The van der Waals surface area contributed by atoms with E-state index in [1.165, 1.54) is 22.4 Å². The molecule has 3 rings (SSSR count). The van der Waals surface area contributed by atoms with Crippen molar-refractivity contribution in [3.05, 3.63) is 65.2 Å². The van der Waals surface area contributed by atoms with Crippen molar-refractivity contribution in [1.82, 2.24) is 10.2 Å². The van der Waals surface area contributed by atoms with E-state index >= 15 is 0 Å². The number of rotatable bonds is 10. The van der Waals surface area contributed by atoms with E-state index in [1.807, 2.05) is 0 Å². The Morgan fingerprint density at radius 1 is 1.23 bits per heavy atom. The molecule has 0 aliphatic carbocycles. The molecule has 0 unspecified atom stereocenters. The zero-order chi connectivity index (χ0) is 21.2. The van der Waals surface area contributed by atoms with Gasteiger partial charge in [-0.2, -0.15) is 5.26 Å². The average molecular weight is 407 g/mol. The van der Waals surface area contributed by atoms with Crippen LogP contribution >= 0.6 is 0 Å². The summed E-state index contributed by atoms with van der Waals surface area (Å²) in [6.45, 7) is 11.4. The summed E-state index contributed by atoms with van der Waals surface area (Å²) in [6, 6.07) is 19.5. The lowest BCUT2D eigenvalue weighted by molar-refractivity contribution is -0.0300. The lowest BCUT2D eigenvalue weighted by Gasteiger charge is -2.33. The highest BCUT2D eigenvalue weighted by atomic mass is 16.5. The zero-order valence-corrected chi connectivity index (χ0v) is 18.3. The third-order valence-electron chi connectivity index (χ3n) is 5.73. The normalized spacial score (nSPS) is 16.9. The van der Waals surface area contributed by atoms with Gasteiger partial charge in [-0.05, 0) is 42.7 Å². The van der Waals surface area contributed by atoms with Crippen LogP contribution in [0.25, 0.3) is 0 Å². The Balaban J connectivity index is 1.47. The molecule has 160 valence electrons. The van der Waals surface area contributed by atoms with Gasteiger partial charge in [-0.25, -0.2) is 0 Å². The van der Waals surface area contributed by atoms with Gasteiger partial charge >= 0.3 is 0 Å². The molecule has 0 saturated carbocycles. The molecule has 1 N–H and O–H groups in total. The molecule has 0 bridgehead atoms. The highest BCUT2D eigenvalue weighted by Gasteiger charge is 2.20. The monoisotopic (exact) mass is 406 g/mol. The van der Waals surface area contributed by atoms with Gasteiger partial charge in [-0.1, -0.05) is 36.4 Å². The van der Waals surface area contributed by atoms with Gasteiger partial charge in [-0.15, -0.1) is 0 Å². The first kappa shape index (κ1) is 22.3. The number of anilines is 1. The second-order valence-electron chi connectivity index (χ2n) is 7.94. The fourth-order valence-corrected chi connectivity index (χ4v) is 3.99. The first-order valence-corrected chi connectivity index (χ1v) is 11.0. The predicted molar refractivity (Wildman–Crippen MR) is 122 cm³/mol. The molecule has 5 nitrogen and oxygen atoms in total. The smallest absolute Gasteiger partial charge is 0.0826 e. The summed E-state index contributed by atoms with van der Waals surface area (Å²) in [6.07, 6.45) is 0.780. The SMILES string of the molecule is CCN(CCC#N)c1ccc(CNC[C@@H]2CN(Cc3ccccc3)CCO2)c(C)c1. The number of hydrogen-bond acceptors (Lipinski definition) is 5. The number of aryl methyl sites for hydroxylation is 1. The summed E-state index contributed by atoms with van der Waals surface area (Å²) in [5.41, 5.74) is 5.15. The lowest BCUT2D eigenvalue weighted by atomic mass is 10.1. The highest BCUT2D eigenvalue weighted by Crippen LogP contribution is 2.20. The molecule has 1 aliphatic rings. The minimum atomic E-state index is 0.226. The van der Waals surface area contributed by atoms with Crippen molar-refractivity contribution in [3.8, 4) is 6.07 Å². The summed E-state index contributed by atoms with van der Waals surface area (Å²) in [4.78, 5) is 4.73. The van der Waals surface area contributed by atoms with Crippen molar-refractivity contribution in [2.45, 2.75) is 39.5 Å². The quantitative estimate of drug-likeness (QED) is 0.652. The molecule has 1 atom stereocenters. The van der Waals surface area contributed by atoms with Crippen molar-refractivity contribution in [3.63, 3.8) is 0 Å². The van der Waals surface area contributed by atoms with Crippen LogP contribution < -0.4 is 10.2 Å². The van der Waals surface area contributed by atoms with Gasteiger partial charge < -0.3 is 15.0 Å².